The van der Waals surface area contributed by atoms with Crippen molar-refractivity contribution in [3.63, 3.8) is 0 Å². The molecule has 164 valence electrons. The average molecular weight is 437 g/mol. The summed E-state index contributed by atoms with van der Waals surface area (Å²) in [6.45, 7) is 0.864. The molecule has 4 rings (SSSR count). The lowest BCUT2D eigenvalue weighted by molar-refractivity contribution is -0.384. The maximum atomic E-state index is 12.9. The number of nitro benzene ring substituents is 1. The number of carbonyl (C=O) groups excluding carboxylic acids is 1. The Morgan fingerprint density at radius 1 is 0.758 bits per heavy atom. The Morgan fingerprint density at radius 2 is 1.36 bits per heavy atom. The monoisotopic (exact) mass is 437 g/mol. The van der Waals surface area contributed by atoms with Crippen molar-refractivity contribution in [3.05, 3.63) is 130 Å². The number of amides is 1. The Labute approximate surface area is 192 Å². The fourth-order valence-electron chi connectivity index (χ4n) is 3.60. The first kappa shape index (κ1) is 21.8. The molecule has 6 nitrogen and oxygen atoms in total. The van der Waals surface area contributed by atoms with Gasteiger partial charge in [-0.2, -0.15) is 0 Å². The lowest BCUT2D eigenvalue weighted by Gasteiger charge is -2.13. The Bertz CT molecular complexity index is 1260. The summed E-state index contributed by atoms with van der Waals surface area (Å²) in [5.74, 6) is -0.202. The van der Waals surface area contributed by atoms with Gasteiger partial charge in [-0.05, 0) is 40.5 Å². The lowest BCUT2D eigenvalue weighted by atomic mass is 9.98. The Morgan fingerprint density at radius 3 is 2.03 bits per heavy atom. The molecule has 0 fully saturated rings. The van der Waals surface area contributed by atoms with Crippen molar-refractivity contribution in [1.29, 1.82) is 0 Å². The lowest BCUT2D eigenvalue weighted by Crippen LogP contribution is -2.23. The van der Waals surface area contributed by atoms with Crippen LogP contribution in [0.1, 0.15) is 21.5 Å². The Balaban J connectivity index is 1.60. The van der Waals surface area contributed by atoms with Gasteiger partial charge in [0.2, 0.25) is 0 Å². The summed E-state index contributed by atoms with van der Waals surface area (Å²) < 4.78 is 0. The smallest absolute Gasteiger partial charge is 0.292 e. The van der Waals surface area contributed by atoms with Gasteiger partial charge in [0.15, 0.2) is 0 Å². The van der Waals surface area contributed by atoms with Crippen LogP contribution < -0.4 is 10.6 Å². The van der Waals surface area contributed by atoms with Crippen molar-refractivity contribution in [2.24, 2.45) is 0 Å². The van der Waals surface area contributed by atoms with Crippen molar-refractivity contribution in [3.8, 4) is 11.1 Å². The van der Waals surface area contributed by atoms with Crippen LogP contribution in [-0.2, 0) is 13.1 Å². The zero-order chi connectivity index (χ0) is 23.0. The van der Waals surface area contributed by atoms with E-state index in [1.807, 2.05) is 72.8 Å². The summed E-state index contributed by atoms with van der Waals surface area (Å²) in [7, 11) is 0. The van der Waals surface area contributed by atoms with E-state index in [1.54, 1.807) is 24.3 Å². The number of anilines is 1. The average Bonchev–Trinajstić information content (AvgIpc) is 2.87. The summed E-state index contributed by atoms with van der Waals surface area (Å²) in [5, 5.41) is 17.7. The van der Waals surface area contributed by atoms with Gasteiger partial charge in [-0.1, -0.05) is 78.9 Å². The number of nitrogens with one attached hydrogen (secondary N) is 2. The van der Waals surface area contributed by atoms with Crippen molar-refractivity contribution in [2.45, 2.75) is 13.1 Å². The molecule has 4 aromatic carbocycles. The van der Waals surface area contributed by atoms with Gasteiger partial charge in [0.1, 0.15) is 5.69 Å². The molecule has 0 bridgehead atoms. The summed E-state index contributed by atoms with van der Waals surface area (Å²) >= 11 is 0. The number of hydrogen-bond acceptors (Lipinski definition) is 4. The first-order valence-electron chi connectivity index (χ1n) is 10.6. The fourth-order valence-corrected chi connectivity index (χ4v) is 3.60. The maximum Gasteiger partial charge on any atom is 0.292 e. The third kappa shape index (κ3) is 5.43. The van der Waals surface area contributed by atoms with Gasteiger partial charge in [0.25, 0.3) is 11.6 Å². The first-order chi connectivity index (χ1) is 16.1. The summed E-state index contributed by atoms with van der Waals surface area (Å²) in [5.41, 5.74) is 4.35. The molecule has 0 aromatic heterocycles. The van der Waals surface area contributed by atoms with Gasteiger partial charge >= 0.3 is 0 Å². The topological polar surface area (TPSA) is 84.3 Å². The SMILES string of the molecule is O=C(NCc1ccccc1)c1ccccc1-c1ccc([N+](=O)[O-])c(NCc2ccccc2)c1. The number of rotatable bonds is 8. The fraction of sp³-hybridized carbons (Fsp3) is 0.0741. The molecule has 0 heterocycles. The van der Waals surface area contributed by atoms with Crippen LogP contribution in [0.5, 0.6) is 0 Å². The van der Waals surface area contributed by atoms with Gasteiger partial charge in [-0.25, -0.2) is 0 Å². The predicted molar refractivity (Wildman–Crippen MR) is 130 cm³/mol. The Kier molecular flexibility index (Phi) is 6.75. The molecule has 1 amide bonds. The molecule has 0 saturated heterocycles. The van der Waals surface area contributed by atoms with Crippen LogP contribution in [0.25, 0.3) is 11.1 Å². The second-order valence-corrected chi connectivity index (χ2v) is 7.54. The van der Waals surface area contributed by atoms with E-state index in [0.29, 0.717) is 29.9 Å². The van der Waals surface area contributed by atoms with Crippen LogP contribution in [0.4, 0.5) is 11.4 Å². The minimum absolute atomic E-state index is 0.0132. The molecule has 0 atom stereocenters. The van der Waals surface area contributed by atoms with Crippen molar-refractivity contribution in [2.75, 3.05) is 5.32 Å². The zero-order valence-electron chi connectivity index (χ0n) is 17.9. The normalized spacial score (nSPS) is 10.4. The Hall–Kier alpha value is -4.45. The van der Waals surface area contributed by atoms with Crippen LogP contribution in [0.3, 0.4) is 0 Å². The van der Waals surface area contributed by atoms with Crippen LogP contribution in [0, 0.1) is 10.1 Å². The number of hydrogen-bond donors (Lipinski definition) is 2. The highest BCUT2D eigenvalue weighted by Crippen LogP contribution is 2.32. The van der Waals surface area contributed by atoms with E-state index in [2.05, 4.69) is 10.6 Å². The highest BCUT2D eigenvalue weighted by molar-refractivity contribution is 6.01. The maximum absolute atomic E-state index is 12.9. The molecular weight excluding hydrogens is 414 g/mol. The number of benzene rings is 4. The minimum atomic E-state index is -0.407. The summed E-state index contributed by atoms with van der Waals surface area (Å²) in [6, 6.07) is 31.5. The van der Waals surface area contributed by atoms with Gasteiger partial charge in [-0.15, -0.1) is 0 Å². The molecule has 2 N–H and O–H groups in total. The number of nitro groups is 1. The van der Waals surface area contributed by atoms with Gasteiger partial charge in [0, 0.05) is 24.7 Å². The van der Waals surface area contributed by atoms with Gasteiger partial charge < -0.3 is 10.6 Å². The third-order valence-electron chi connectivity index (χ3n) is 5.30. The van der Waals surface area contributed by atoms with Crippen LogP contribution in [0.15, 0.2) is 103 Å². The van der Waals surface area contributed by atoms with Crippen LogP contribution in [0.2, 0.25) is 0 Å². The molecule has 6 heteroatoms. The van der Waals surface area contributed by atoms with E-state index in [-0.39, 0.29) is 11.6 Å². The van der Waals surface area contributed by atoms with Crippen molar-refractivity contribution in [1.82, 2.24) is 5.32 Å². The van der Waals surface area contributed by atoms with E-state index in [0.717, 1.165) is 16.7 Å². The van der Waals surface area contributed by atoms with E-state index in [4.69, 9.17) is 0 Å². The predicted octanol–water partition coefficient (Wildman–Crippen LogP) is 5.80. The molecule has 0 saturated carbocycles. The molecule has 0 unspecified atom stereocenters. The van der Waals surface area contributed by atoms with Crippen molar-refractivity contribution < 1.29 is 9.72 Å². The van der Waals surface area contributed by atoms with E-state index in [1.165, 1.54) is 6.07 Å². The largest absolute Gasteiger partial charge is 0.375 e. The van der Waals surface area contributed by atoms with E-state index < -0.39 is 4.92 Å². The standard InChI is InChI=1S/C27H23N3O3/c31-27(29-19-21-11-5-2-6-12-21)24-14-8-7-13-23(24)22-15-16-26(30(32)33)25(17-22)28-18-20-9-3-1-4-10-20/h1-17,28H,18-19H2,(H,29,31). The van der Waals surface area contributed by atoms with Gasteiger partial charge in [0.05, 0.1) is 4.92 Å². The third-order valence-corrected chi connectivity index (χ3v) is 5.30. The molecule has 4 aromatic rings. The molecule has 0 spiro atoms. The molecule has 33 heavy (non-hydrogen) atoms. The quantitative estimate of drug-likeness (QED) is 0.269. The molecule has 0 radical (unpaired) electrons. The van der Waals surface area contributed by atoms with E-state index >= 15 is 0 Å². The molecule has 0 aliphatic carbocycles. The first-order valence-corrected chi connectivity index (χ1v) is 10.6. The van der Waals surface area contributed by atoms with Crippen LogP contribution >= 0.6 is 0 Å². The minimum Gasteiger partial charge on any atom is -0.375 e. The second kappa shape index (κ2) is 10.2. The number of nitrogens with zero attached hydrogens (tertiary/aromatic N) is 1. The molecule has 0 aliphatic rings. The highest BCUT2D eigenvalue weighted by Gasteiger charge is 2.18. The van der Waals surface area contributed by atoms with Gasteiger partial charge in [-0.3, -0.25) is 14.9 Å². The zero-order valence-corrected chi connectivity index (χ0v) is 17.9. The molecule has 0 aliphatic heterocycles. The summed E-state index contributed by atoms with van der Waals surface area (Å²) in [4.78, 5) is 24.1. The second-order valence-electron chi connectivity index (χ2n) is 7.54. The summed E-state index contributed by atoms with van der Waals surface area (Å²) in [6.07, 6.45) is 0. The number of carbonyl (C=O) groups is 1. The van der Waals surface area contributed by atoms with Crippen LogP contribution in [-0.4, -0.2) is 10.8 Å². The highest BCUT2D eigenvalue weighted by atomic mass is 16.6. The van der Waals surface area contributed by atoms with Crippen molar-refractivity contribution >= 4 is 17.3 Å². The molecular formula is C27H23N3O3. The van der Waals surface area contributed by atoms with E-state index in [9.17, 15) is 14.9 Å².